The molecule has 1 atom stereocenters. The molecular formula is C16H13Cl2NO3. The second-order valence-corrected chi connectivity index (χ2v) is 5.31. The summed E-state index contributed by atoms with van der Waals surface area (Å²) >= 11 is 11.8. The van der Waals surface area contributed by atoms with Crippen molar-refractivity contribution in [3.63, 3.8) is 0 Å². The quantitative estimate of drug-likeness (QED) is 0.866. The van der Waals surface area contributed by atoms with Gasteiger partial charge in [0.2, 0.25) is 0 Å². The summed E-state index contributed by atoms with van der Waals surface area (Å²) in [5.41, 5.74) is 0.851. The number of ether oxygens (including phenoxy) is 1. The Morgan fingerprint density at radius 1 is 1.09 bits per heavy atom. The Hall–Kier alpha value is -2.04. The van der Waals surface area contributed by atoms with Crippen LogP contribution in [0.5, 0.6) is 0 Å². The van der Waals surface area contributed by atoms with Crippen molar-refractivity contribution in [1.29, 1.82) is 0 Å². The SMILES string of the molecule is COC(=O)[C@H](NC(=O)c1ccc(Cl)cc1Cl)c1ccccc1. The molecule has 0 aliphatic heterocycles. The van der Waals surface area contributed by atoms with Gasteiger partial charge >= 0.3 is 5.97 Å². The summed E-state index contributed by atoms with van der Waals surface area (Å²) in [6, 6.07) is 12.4. The zero-order valence-corrected chi connectivity index (χ0v) is 13.2. The second-order valence-electron chi connectivity index (χ2n) is 4.46. The molecule has 0 heterocycles. The van der Waals surface area contributed by atoms with Crippen LogP contribution in [0.1, 0.15) is 22.0 Å². The van der Waals surface area contributed by atoms with E-state index in [4.69, 9.17) is 27.9 Å². The Labute approximate surface area is 138 Å². The predicted octanol–water partition coefficient (Wildman–Crippen LogP) is 3.64. The molecule has 0 aliphatic rings. The summed E-state index contributed by atoms with van der Waals surface area (Å²) in [6.07, 6.45) is 0. The number of hydrogen-bond acceptors (Lipinski definition) is 3. The fourth-order valence-electron chi connectivity index (χ4n) is 1.92. The topological polar surface area (TPSA) is 55.4 Å². The van der Waals surface area contributed by atoms with Crippen LogP contribution >= 0.6 is 23.2 Å². The summed E-state index contributed by atoms with van der Waals surface area (Å²) < 4.78 is 4.75. The molecule has 0 spiro atoms. The van der Waals surface area contributed by atoms with E-state index in [0.29, 0.717) is 10.6 Å². The Morgan fingerprint density at radius 2 is 1.77 bits per heavy atom. The lowest BCUT2D eigenvalue weighted by Gasteiger charge is -2.17. The van der Waals surface area contributed by atoms with Crippen molar-refractivity contribution < 1.29 is 14.3 Å². The number of carbonyl (C=O) groups excluding carboxylic acids is 2. The zero-order chi connectivity index (χ0) is 16.1. The van der Waals surface area contributed by atoms with Crippen LogP contribution in [0.4, 0.5) is 0 Å². The maximum Gasteiger partial charge on any atom is 0.333 e. The third-order valence-electron chi connectivity index (χ3n) is 3.02. The van der Waals surface area contributed by atoms with Crippen LogP contribution in [-0.2, 0) is 9.53 Å². The van der Waals surface area contributed by atoms with E-state index in [1.54, 1.807) is 30.3 Å². The maximum atomic E-state index is 12.3. The molecule has 2 aromatic carbocycles. The molecule has 114 valence electrons. The minimum Gasteiger partial charge on any atom is -0.467 e. The number of esters is 1. The molecule has 4 nitrogen and oxygen atoms in total. The highest BCUT2D eigenvalue weighted by Gasteiger charge is 2.24. The van der Waals surface area contributed by atoms with Crippen molar-refractivity contribution in [2.75, 3.05) is 7.11 Å². The third kappa shape index (κ3) is 3.78. The number of amides is 1. The molecule has 1 N–H and O–H groups in total. The van der Waals surface area contributed by atoms with Gasteiger partial charge in [0.25, 0.3) is 5.91 Å². The fraction of sp³-hybridized carbons (Fsp3) is 0.125. The number of methoxy groups -OCH3 is 1. The van der Waals surface area contributed by atoms with Crippen molar-refractivity contribution in [3.05, 3.63) is 69.7 Å². The number of benzene rings is 2. The van der Waals surface area contributed by atoms with Crippen LogP contribution in [0.15, 0.2) is 48.5 Å². The third-order valence-corrected chi connectivity index (χ3v) is 3.57. The molecule has 0 saturated carbocycles. The summed E-state index contributed by atoms with van der Waals surface area (Å²) in [4.78, 5) is 24.3. The Balaban J connectivity index is 2.27. The van der Waals surface area contributed by atoms with E-state index in [-0.39, 0.29) is 10.6 Å². The first-order valence-electron chi connectivity index (χ1n) is 6.41. The van der Waals surface area contributed by atoms with Gasteiger partial charge in [0.15, 0.2) is 6.04 Å². The minimum atomic E-state index is -0.912. The molecule has 2 rings (SSSR count). The molecule has 0 saturated heterocycles. The monoisotopic (exact) mass is 337 g/mol. The predicted molar refractivity (Wildman–Crippen MR) is 85.1 cm³/mol. The smallest absolute Gasteiger partial charge is 0.333 e. The first-order chi connectivity index (χ1) is 10.5. The van der Waals surface area contributed by atoms with Crippen molar-refractivity contribution in [3.8, 4) is 0 Å². The van der Waals surface area contributed by atoms with E-state index in [9.17, 15) is 9.59 Å². The van der Waals surface area contributed by atoms with E-state index < -0.39 is 17.9 Å². The van der Waals surface area contributed by atoms with Crippen LogP contribution in [0.2, 0.25) is 10.0 Å². The van der Waals surface area contributed by atoms with Crippen LogP contribution in [0, 0.1) is 0 Å². The van der Waals surface area contributed by atoms with Crippen molar-refractivity contribution in [2.24, 2.45) is 0 Å². The highest BCUT2D eigenvalue weighted by Crippen LogP contribution is 2.22. The van der Waals surface area contributed by atoms with Gasteiger partial charge in [-0.05, 0) is 23.8 Å². The molecular weight excluding hydrogens is 325 g/mol. The molecule has 0 bridgehead atoms. The van der Waals surface area contributed by atoms with Gasteiger partial charge in [-0.25, -0.2) is 4.79 Å². The standard InChI is InChI=1S/C16H13Cl2NO3/c1-22-16(21)14(10-5-3-2-4-6-10)19-15(20)12-8-7-11(17)9-13(12)18/h2-9,14H,1H3,(H,19,20)/t14-/m1/s1. The summed E-state index contributed by atoms with van der Waals surface area (Å²) in [5.74, 6) is -1.05. The summed E-state index contributed by atoms with van der Waals surface area (Å²) in [7, 11) is 1.26. The molecule has 22 heavy (non-hydrogen) atoms. The van der Waals surface area contributed by atoms with E-state index in [1.807, 2.05) is 6.07 Å². The van der Waals surface area contributed by atoms with Crippen LogP contribution in [0.25, 0.3) is 0 Å². The Bertz CT molecular complexity index is 689. The first-order valence-corrected chi connectivity index (χ1v) is 7.17. The van der Waals surface area contributed by atoms with Gasteiger partial charge in [-0.1, -0.05) is 53.5 Å². The second kappa shape index (κ2) is 7.29. The number of halogens is 2. The van der Waals surface area contributed by atoms with Crippen LogP contribution in [-0.4, -0.2) is 19.0 Å². The van der Waals surface area contributed by atoms with Crippen LogP contribution in [0.3, 0.4) is 0 Å². The molecule has 0 aromatic heterocycles. The van der Waals surface area contributed by atoms with Crippen molar-refractivity contribution >= 4 is 35.1 Å². The highest BCUT2D eigenvalue weighted by molar-refractivity contribution is 6.36. The van der Waals surface area contributed by atoms with E-state index >= 15 is 0 Å². The maximum absolute atomic E-state index is 12.3. The molecule has 0 aliphatic carbocycles. The van der Waals surface area contributed by atoms with Crippen molar-refractivity contribution in [2.45, 2.75) is 6.04 Å². The molecule has 2 aromatic rings. The zero-order valence-electron chi connectivity index (χ0n) is 11.7. The first kappa shape index (κ1) is 16.3. The van der Waals surface area contributed by atoms with Crippen LogP contribution < -0.4 is 5.32 Å². The molecule has 6 heteroatoms. The molecule has 1 amide bonds. The summed E-state index contributed by atoms with van der Waals surface area (Å²) in [5, 5.41) is 3.25. The molecule has 0 fully saturated rings. The average Bonchev–Trinajstić information content (AvgIpc) is 2.52. The van der Waals surface area contributed by atoms with Gasteiger partial charge < -0.3 is 10.1 Å². The average molecular weight is 338 g/mol. The van der Waals surface area contributed by atoms with E-state index in [0.717, 1.165) is 0 Å². The Morgan fingerprint density at radius 3 is 2.36 bits per heavy atom. The Kier molecular flexibility index (Phi) is 5.41. The number of rotatable bonds is 4. The normalized spacial score (nSPS) is 11.6. The summed E-state index contributed by atoms with van der Waals surface area (Å²) in [6.45, 7) is 0. The number of nitrogens with one attached hydrogen (secondary N) is 1. The van der Waals surface area contributed by atoms with Gasteiger partial charge in [0.1, 0.15) is 0 Å². The fourth-order valence-corrected chi connectivity index (χ4v) is 2.42. The van der Waals surface area contributed by atoms with Crippen molar-refractivity contribution in [1.82, 2.24) is 5.32 Å². The van der Waals surface area contributed by atoms with Gasteiger partial charge in [-0.2, -0.15) is 0 Å². The van der Waals surface area contributed by atoms with Gasteiger partial charge in [0.05, 0.1) is 17.7 Å². The lowest BCUT2D eigenvalue weighted by molar-refractivity contribution is -0.143. The highest BCUT2D eigenvalue weighted by atomic mass is 35.5. The molecule has 0 radical (unpaired) electrons. The lowest BCUT2D eigenvalue weighted by Crippen LogP contribution is -2.34. The number of carbonyl (C=O) groups is 2. The largest absolute Gasteiger partial charge is 0.467 e. The minimum absolute atomic E-state index is 0.210. The number of hydrogen-bond donors (Lipinski definition) is 1. The molecule has 0 unspecified atom stereocenters. The van der Waals surface area contributed by atoms with E-state index in [1.165, 1.54) is 19.2 Å². The van der Waals surface area contributed by atoms with Gasteiger partial charge in [0, 0.05) is 5.02 Å². The lowest BCUT2D eigenvalue weighted by atomic mass is 10.1. The van der Waals surface area contributed by atoms with Gasteiger partial charge in [-0.3, -0.25) is 4.79 Å². The van der Waals surface area contributed by atoms with Gasteiger partial charge in [-0.15, -0.1) is 0 Å². The van der Waals surface area contributed by atoms with E-state index in [2.05, 4.69) is 5.32 Å².